The average molecular weight is 472 g/mol. The lowest BCUT2D eigenvalue weighted by atomic mass is 9.77. The monoisotopic (exact) mass is 471 g/mol. The number of piperidine rings is 1. The van der Waals surface area contributed by atoms with E-state index in [-0.39, 0.29) is 12.5 Å². The van der Waals surface area contributed by atoms with Crippen LogP contribution in [0, 0.1) is 17.1 Å². The summed E-state index contributed by atoms with van der Waals surface area (Å²) in [7, 11) is -1.31. The maximum absolute atomic E-state index is 12.7. The number of aliphatic hydroxyl groups excluding tert-OH is 1. The van der Waals surface area contributed by atoms with Crippen LogP contribution in [0.15, 0.2) is 17.3 Å². The quantitative estimate of drug-likeness (QED) is 0.639. The molecule has 0 amide bonds. The fourth-order valence-electron chi connectivity index (χ4n) is 4.75. The molecule has 3 aliphatic rings. The molecule has 2 aromatic rings. The third kappa shape index (κ3) is 3.70. The van der Waals surface area contributed by atoms with Crippen LogP contribution in [0.25, 0.3) is 0 Å². The molecule has 166 valence electrons. The van der Waals surface area contributed by atoms with Crippen molar-refractivity contribution in [3.63, 3.8) is 0 Å². The van der Waals surface area contributed by atoms with Crippen molar-refractivity contribution in [1.82, 2.24) is 15.0 Å². The first-order valence-corrected chi connectivity index (χ1v) is 12.4. The third-order valence-corrected chi connectivity index (χ3v) is 8.29. The van der Waals surface area contributed by atoms with Crippen LogP contribution in [-0.4, -0.2) is 49.5 Å². The van der Waals surface area contributed by atoms with E-state index in [1.807, 2.05) is 0 Å². The first kappa shape index (κ1) is 21.4. The van der Waals surface area contributed by atoms with Crippen LogP contribution in [0.2, 0.25) is 5.02 Å². The molecule has 1 aliphatic carbocycles. The molecule has 2 aliphatic heterocycles. The van der Waals surface area contributed by atoms with Crippen LogP contribution in [-0.2, 0) is 17.2 Å². The molecule has 10 heteroatoms. The zero-order valence-corrected chi connectivity index (χ0v) is 19.1. The molecule has 2 aromatic heterocycles. The molecule has 5 rings (SSSR count). The first-order chi connectivity index (χ1) is 15.5. The zero-order valence-electron chi connectivity index (χ0n) is 17.6. The molecule has 8 nitrogen and oxygen atoms in total. The summed E-state index contributed by atoms with van der Waals surface area (Å²) in [5.74, 6) is 3.91. The van der Waals surface area contributed by atoms with Crippen molar-refractivity contribution in [3.8, 4) is 6.07 Å². The molecule has 1 atom stereocenters. The summed E-state index contributed by atoms with van der Waals surface area (Å²) in [6.45, 7) is 1.44. The number of anilines is 2. The smallest absolute Gasteiger partial charge is 0.238 e. The Morgan fingerprint density at radius 1 is 1.34 bits per heavy atom. The highest BCUT2D eigenvalue weighted by Crippen LogP contribution is 2.42. The minimum Gasteiger partial charge on any atom is -0.394 e. The van der Waals surface area contributed by atoms with Crippen LogP contribution in [0.3, 0.4) is 0 Å². The Morgan fingerprint density at radius 3 is 2.66 bits per heavy atom. The summed E-state index contributed by atoms with van der Waals surface area (Å²) < 4.78 is 12.7. The first-order valence-electron chi connectivity index (χ1n) is 10.9. The number of nitrogens with one attached hydrogen (secondary N) is 1. The number of aromatic nitrogens is 3. The Morgan fingerprint density at radius 2 is 2.06 bits per heavy atom. The van der Waals surface area contributed by atoms with E-state index in [0.717, 1.165) is 43.5 Å². The molecule has 0 radical (unpaired) electrons. The van der Waals surface area contributed by atoms with Gasteiger partial charge in [0.25, 0.3) is 0 Å². The number of hydrogen-bond donors (Lipinski definition) is 2. The largest absolute Gasteiger partial charge is 0.394 e. The van der Waals surface area contributed by atoms with Gasteiger partial charge >= 0.3 is 0 Å². The van der Waals surface area contributed by atoms with Crippen LogP contribution >= 0.6 is 11.6 Å². The molecule has 0 aromatic carbocycles. The lowest BCUT2D eigenvalue weighted by molar-refractivity contribution is 0.143. The van der Waals surface area contributed by atoms with Gasteiger partial charge in [-0.3, -0.25) is 0 Å². The predicted octanol–water partition coefficient (Wildman–Crippen LogP) is 2.93. The molecule has 1 saturated carbocycles. The van der Waals surface area contributed by atoms with Crippen LogP contribution in [0.4, 0.5) is 11.6 Å². The van der Waals surface area contributed by atoms with E-state index in [1.165, 1.54) is 0 Å². The Labute approximate surface area is 194 Å². The molecule has 0 unspecified atom stereocenters. The van der Waals surface area contributed by atoms with Gasteiger partial charge in [-0.2, -0.15) is 5.26 Å². The van der Waals surface area contributed by atoms with Gasteiger partial charge in [0.05, 0.1) is 17.2 Å². The fourth-order valence-corrected chi connectivity index (χ4v) is 6.05. The Balaban J connectivity index is 1.45. The van der Waals surface area contributed by atoms with Gasteiger partial charge in [-0.1, -0.05) is 11.6 Å². The zero-order chi connectivity index (χ0) is 22.3. The summed E-state index contributed by atoms with van der Waals surface area (Å²) in [6.07, 6.45) is 8.14. The fraction of sp³-hybridized carbons (Fsp3) is 0.500. The van der Waals surface area contributed by atoms with Gasteiger partial charge in [0.15, 0.2) is 5.75 Å². The number of nitriles is 1. The van der Waals surface area contributed by atoms with Gasteiger partial charge in [-0.15, -0.1) is 0 Å². The second kappa shape index (κ2) is 8.50. The van der Waals surface area contributed by atoms with E-state index in [0.29, 0.717) is 46.6 Å². The van der Waals surface area contributed by atoms with Crippen molar-refractivity contribution in [2.75, 3.05) is 29.9 Å². The average Bonchev–Trinajstić information content (AvgIpc) is 3.18. The van der Waals surface area contributed by atoms with Crippen molar-refractivity contribution in [1.29, 1.82) is 5.26 Å². The lowest BCUT2D eigenvalue weighted by Crippen LogP contribution is -2.48. The Kier molecular flexibility index (Phi) is 5.70. The number of nitrogens with zero attached hydrogens (tertiary/aromatic N) is 5. The molecule has 0 spiro atoms. The number of halogens is 1. The molecular weight excluding hydrogens is 448 g/mol. The van der Waals surface area contributed by atoms with E-state index in [9.17, 15) is 14.6 Å². The van der Waals surface area contributed by atoms with E-state index in [1.54, 1.807) is 18.1 Å². The number of fused-ring (bicyclic) bond motifs is 1. The number of aliphatic hydroxyl groups is 1. The van der Waals surface area contributed by atoms with E-state index < -0.39 is 16.3 Å². The van der Waals surface area contributed by atoms with Crippen LogP contribution < -0.4 is 10.2 Å². The van der Waals surface area contributed by atoms with Gasteiger partial charge in [-0.05, 0) is 32.1 Å². The topological polar surface area (TPSA) is 115 Å². The van der Waals surface area contributed by atoms with Crippen LogP contribution in [0.5, 0.6) is 0 Å². The van der Waals surface area contributed by atoms with Gasteiger partial charge < -0.3 is 15.3 Å². The molecule has 0 bridgehead atoms. The van der Waals surface area contributed by atoms with Gasteiger partial charge in [0, 0.05) is 37.0 Å². The SMILES string of the molecule is N#Cc1c(N2CCC(c3ncc(Cl)cn3)CC2)nc(NC2(CO)CCC2)c2c1C[CH+][S@@]2=O. The Bertz CT molecular complexity index is 1090. The van der Waals surface area contributed by atoms with Crippen molar-refractivity contribution in [3.05, 3.63) is 40.1 Å². The lowest BCUT2D eigenvalue weighted by Gasteiger charge is -2.42. The molecule has 4 heterocycles. The molecule has 1 saturated heterocycles. The standard InChI is InChI=1S/C22H24ClN6O2S/c23-15-11-25-19(26-12-15)14-2-7-29(8-3-14)21-17(10-24)16-4-9-32(31)18(16)20(27-21)28-22(13-30)5-1-6-22/h9,11-12,14,30H,1-8,13H2,(H,27,28)/q+1/t32-/m0/s1. The minimum absolute atomic E-state index is 0.00161. The highest BCUT2D eigenvalue weighted by atomic mass is 35.5. The van der Waals surface area contributed by atoms with E-state index in [4.69, 9.17) is 16.6 Å². The second-order valence-electron chi connectivity index (χ2n) is 8.68. The summed E-state index contributed by atoms with van der Waals surface area (Å²) in [6, 6.07) is 2.32. The number of rotatable bonds is 5. The highest BCUT2D eigenvalue weighted by Gasteiger charge is 2.42. The second-order valence-corrected chi connectivity index (χ2v) is 10.5. The third-order valence-electron chi connectivity index (χ3n) is 6.78. The maximum atomic E-state index is 12.7. The maximum Gasteiger partial charge on any atom is 0.238 e. The summed E-state index contributed by atoms with van der Waals surface area (Å²) in [5.41, 5.74) is 0.868. The molecule has 2 N–H and O–H groups in total. The number of hydrogen-bond acceptors (Lipinski definition) is 8. The van der Waals surface area contributed by atoms with Gasteiger partial charge in [0.2, 0.25) is 10.8 Å². The minimum atomic E-state index is -1.31. The predicted molar refractivity (Wildman–Crippen MR) is 122 cm³/mol. The molecule has 32 heavy (non-hydrogen) atoms. The van der Waals surface area contributed by atoms with Gasteiger partial charge in [0.1, 0.15) is 40.4 Å². The van der Waals surface area contributed by atoms with Crippen molar-refractivity contribution < 1.29 is 9.32 Å². The van der Waals surface area contributed by atoms with Crippen molar-refractivity contribution in [2.45, 2.75) is 54.9 Å². The summed E-state index contributed by atoms with van der Waals surface area (Å²) in [4.78, 5) is 16.3. The van der Waals surface area contributed by atoms with Crippen molar-refractivity contribution in [2.24, 2.45) is 0 Å². The highest BCUT2D eigenvalue weighted by molar-refractivity contribution is 7.87. The van der Waals surface area contributed by atoms with Gasteiger partial charge in [-0.25, -0.2) is 19.2 Å². The normalized spacial score (nSPS) is 21.9. The van der Waals surface area contributed by atoms with E-state index in [2.05, 4.69) is 26.3 Å². The molecular formula is C22H24ClN6O2S+. The summed E-state index contributed by atoms with van der Waals surface area (Å²) >= 11 is 5.91. The van der Waals surface area contributed by atoms with Crippen molar-refractivity contribution >= 4 is 34.0 Å². The molecule has 2 fully saturated rings. The number of pyridine rings is 1. The van der Waals surface area contributed by atoms with E-state index >= 15 is 0 Å². The Hall–Kier alpha value is -2.41. The van der Waals surface area contributed by atoms with Crippen LogP contribution in [0.1, 0.15) is 55.0 Å². The summed E-state index contributed by atoms with van der Waals surface area (Å²) in [5, 5.41) is 23.8.